The summed E-state index contributed by atoms with van der Waals surface area (Å²) in [4.78, 5) is 22.1. The number of phosphoric ester groups is 1. The van der Waals surface area contributed by atoms with Crippen LogP contribution in [0, 0.1) is 0 Å². The number of carbonyl (C=O) groups is 1. The van der Waals surface area contributed by atoms with Crippen molar-refractivity contribution in [2.75, 3.05) is 33.0 Å². The van der Waals surface area contributed by atoms with Crippen molar-refractivity contribution >= 4 is 13.8 Å². The standard InChI is InChI=1S/C35H70NO7P/c1-3-5-7-9-10-11-12-13-14-15-16-17-18-19-20-21-22-23-25-27-30-40-32-34(33-42-44(38,39)41-31-29-36)43-35(37)28-26-24-8-6-4-2/h13-14,34H,3-12,15-33,36H2,1-2H3,(H,38,39)/b14-13-. The molecule has 0 amide bonds. The van der Waals surface area contributed by atoms with Crippen LogP contribution in [0.2, 0.25) is 0 Å². The van der Waals surface area contributed by atoms with E-state index in [2.05, 4.69) is 26.0 Å². The predicted octanol–water partition coefficient (Wildman–Crippen LogP) is 9.97. The molecule has 0 saturated heterocycles. The van der Waals surface area contributed by atoms with Crippen LogP contribution >= 0.6 is 7.82 Å². The fourth-order valence-corrected chi connectivity index (χ4v) is 5.76. The van der Waals surface area contributed by atoms with Gasteiger partial charge in [0.2, 0.25) is 0 Å². The fraction of sp³-hybridized carbons (Fsp3) is 0.914. The molecule has 0 saturated carbocycles. The maximum absolute atomic E-state index is 12.3. The molecular weight excluding hydrogens is 577 g/mol. The summed E-state index contributed by atoms with van der Waals surface area (Å²) >= 11 is 0. The molecule has 8 nitrogen and oxygen atoms in total. The third-order valence-corrected chi connectivity index (χ3v) is 8.67. The van der Waals surface area contributed by atoms with E-state index in [0.29, 0.717) is 13.0 Å². The molecule has 0 bridgehead atoms. The predicted molar refractivity (Wildman–Crippen MR) is 183 cm³/mol. The van der Waals surface area contributed by atoms with Gasteiger partial charge < -0.3 is 20.1 Å². The summed E-state index contributed by atoms with van der Waals surface area (Å²) < 4.78 is 33.0. The molecule has 0 aliphatic heterocycles. The highest BCUT2D eigenvalue weighted by Crippen LogP contribution is 2.43. The van der Waals surface area contributed by atoms with Gasteiger partial charge in [-0.05, 0) is 38.5 Å². The molecule has 44 heavy (non-hydrogen) atoms. The Balaban J connectivity index is 3.85. The summed E-state index contributed by atoms with van der Waals surface area (Å²) in [6.07, 6.45) is 32.7. The van der Waals surface area contributed by atoms with Crippen LogP contribution in [0.4, 0.5) is 0 Å². The first-order valence-corrected chi connectivity index (χ1v) is 19.7. The maximum atomic E-state index is 12.3. The first-order chi connectivity index (χ1) is 21.4. The Kier molecular flexibility index (Phi) is 33.0. The summed E-state index contributed by atoms with van der Waals surface area (Å²) in [6.45, 7) is 4.83. The third kappa shape index (κ3) is 32.6. The van der Waals surface area contributed by atoms with Gasteiger partial charge in [0, 0.05) is 19.6 Å². The summed E-state index contributed by atoms with van der Waals surface area (Å²) in [6, 6.07) is 0. The van der Waals surface area contributed by atoms with Gasteiger partial charge in [-0.3, -0.25) is 13.8 Å². The molecule has 262 valence electrons. The molecule has 0 aromatic heterocycles. The van der Waals surface area contributed by atoms with Crippen molar-refractivity contribution in [3.63, 3.8) is 0 Å². The number of rotatable bonds is 35. The molecule has 0 aliphatic carbocycles. The monoisotopic (exact) mass is 647 g/mol. The van der Waals surface area contributed by atoms with E-state index in [-0.39, 0.29) is 32.3 Å². The minimum absolute atomic E-state index is 0.0935. The van der Waals surface area contributed by atoms with E-state index in [9.17, 15) is 14.3 Å². The van der Waals surface area contributed by atoms with Crippen molar-refractivity contribution in [2.24, 2.45) is 5.73 Å². The molecule has 0 aromatic rings. The van der Waals surface area contributed by atoms with Crippen molar-refractivity contribution in [1.29, 1.82) is 0 Å². The molecule has 0 radical (unpaired) electrons. The van der Waals surface area contributed by atoms with Crippen LogP contribution < -0.4 is 5.73 Å². The highest BCUT2D eigenvalue weighted by atomic mass is 31.2. The van der Waals surface area contributed by atoms with E-state index >= 15 is 0 Å². The van der Waals surface area contributed by atoms with Crippen molar-refractivity contribution in [2.45, 2.75) is 174 Å². The fourth-order valence-electron chi connectivity index (χ4n) is 4.99. The second kappa shape index (κ2) is 33.6. The highest BCUT2D eigenvalue weighted by molar-refractivity contribution is 7.47. The average molecular weight is 648 g/mol. The van der Waals surface area contributed by atoms with Crippen LogP contribution in [0.15, 0.2) is 12.2 Å². The van der Waals surface area contributed by atoms with Crippen molar-refractivity contribution in [3.8, 4) is 0 Å². The molecule has 0 aliphatic rings. The number of hydrogen-bond acceptors (Lipinski definition) is 7. The van der Waals surface area contributed by atoms with Gasteiger partial charge >= 0.3 is 13.8 Å². The number of carbonyl (C=O) groups excluding carboxylic acids is 1. The van der Waals surface area contributed by atoms with Crippen molar-refractivity contribution < 1.29 is 32.8 Å². The minimum Gasteiger partial charge on any atom is -0.457 e. The van der Waals surface area contributed by atoms with Crippen LogP contribution in [0.3, 0.4) is 0 Å². The number of esters is 1. The lowest BCUT2D eigenvalue weighted by Gasteiger charge is -2.20. The van der Waals surface area contributed by atoms with E-state index in [1.807, 2.05) is 0 Å². The van der Waals surface area contributed by atoms with Gasteiger partial charge in [-0.15, -0.1) is 0 Å². The Labute approximate surface area is 271 Å². The zero-order chi connectivity index (χ0) is 32.4. The summed E-state index contributed by atoms with van der Waals surface area (Å²) in [5.41, 5.74) is 5.32. The largest absolute Gasteiger partial charge is 0.472 e. The normalized spacial score (nSPS) is 13.8. The smallest absolute Gasteiger partial charge is 0.457 e. The first-order valence-electron chi connectivity index (χ1n) is 18.2. The Morgan fingerprint density at radius 3 is 1.66 bits per heavy atom. The molecule has 9 heteroatoms. The number of allylic oxidation sites excluding steroid dienone is 2. The molecule has 0 heterocycles. The number of unbranched alkanes of at least 4 members (excludes halogenated alkanes) is 20. The van der Waals surface area contributed by atoms with Gasteiger partial charge in [0.05, 0.1) is 19.8 Å². The topological polar surface area (TPSA) is 117 Å². The summed E-state index contributed by atoms with van der Waals surface area (Å²) in [7, 11) is -4.25. The number of hydrogen-bond donors (Lipinski definition) is 2. The third-order valence-electron chi connectivity index (χ3n) is 7.68. The second-order valence-corrected chi connectivity index (χ2v) is 13.5. The lowest BCUT2D eigenvalue weighted by Crippen LogP contribution is -2.28. The summed E-state index contributed by atoms with van der Waals surface area (Å²) in [5, 5.41) is 0. The van der Waals surface area contributed by atoms with Gasteiger partial charge in [0.1, 0.15) is 6.10 Å². The Morgan fingerprint density at radius 1 is 0.659 bits per heavy atom. The van der Waals surface area contributed by atoms with Crippen LogP contribution in [-0.2, 0) is 27.9 Å². The molecule has 3 N–H and O–H groups in total. The molecule has 2 unspecified atom stereocenters. The van der Waals surface area contributed by atoms with Gasteiger partial charge in [0.25, 0.3) is 0 Å². The lowest BCUT2D eigenvalue weighted by atomic mass is 10.1. The van der Waals surface area contributed by atoms with Gasteiger partial charge in [-0.25, -0.2) is 4.57 Å². The van der Waals surface area contributed by atoms with Crippen LogP contribution in [-0.4, -0.2) is 49.9 Å². The molecule has 0 fully saturated rings. The van der Waals surface area contributed by atoms with Gasteiger partial charge in [0.15, 0.2) is 0 Å². The van der Waals surface area contributed by atoms with Crippen LogP contribution in [0.5, 0.6) is 0 Å². The average Bonchev–Trinajstić information content (AvgIpc) is 3.01. The maximum Gasteiger partial charge on any atom is 0.472 e. The molecule has 0 spiro atoms. The van der Waals surface area contributed by atoms with Gasteiger partial charge in [-0.1, -0.05) is 135 Å². The molecule has 0 aromatic carbocycles. The Hall–Kier alpha value is -0.760. The van der Waals surface area contributed by atoms with E-state index in [1.54, 1.807) is 0 Å². The zero-order valence-corrected chi connectivity index (χ0v) is 29.6. The Bertz CT molecular complexity index is 692. The van der Waals surface area contributed by atoms with Crippen LogP contribution in [0.1, 0.15) is 168 Å². The first kappa shape index (κ1) is 43.2. The second-order valence-electron chi connectivity index (χ2n) is 12.1. The van der Waals surface area contributed by atoms with Crippen molar-refractivity contribution in [3.05, 3.63) is 12.2 Å². The zero-order valence-electron chi connectivity index (χ0n) is 28.7. The number of nitrogens with two attached hydrogens (primary N) is 1. The van der Waals surface area contributed by atoms with Gasteiger partial charge in [-0.2, -0.15) is 0 Å². The van der Waals surface area contributed by atoms with E-state index < -0.39 is 13.9 Å². The van der Waals surface area contributed by atoms with E-state index in [1.165, 1.54) is 103 Å². The number of phosphoric acid groups is 1. The minimum atomic E-state index is -4.25. The number of ether oxygens (including phenoxy) is 2. The quantitative estimate of drug-likeness (QED) is 0.0302. The van der Waals surface area contributed by atoms with Crippen molar-refractivity contribution in [1.82, 2.24) is 0 Å². The Morgan fingerprint density at radius 2 is 1.14 bits per heavy atom. The van der Waals surface area contributed by atoms with Crippen LogP contribution in [0.25, 0.3) is 0 Å². The molecule has 0 rings (SSSR count). The molecular formula is C35H70NO7P. The lowest BCUT2D eigenvalue weighted by molar-refractivity contribution is -0.154. The SMILES string of the molecule is CCCCCCCC/C=C\CCCCCCCCCCCCOCC(COP(=O)(O)OCCN)OC(=O)CCCCCCC. The molecule has 2 atom stereocenters. The van der Waals surface area contributed by atoms with E-state index in [0.717, 1.165) is 44.9 Å². The summed E-state index contributed by atoms with van der Waals surface area (Å²) in [5.74, 6) is -0.343. The van der Waals surface area contributed by atoms with E-state index in [4.69, 9.17) is 24.3 Å². The highest BCUT2D eigenvalue weighted by Gasteiger charge is 2.25.